The van der Waals surface area contributed by atoms with Gasteiger partial charge < -0.3 is 5.32 Å². The Morgan fingerprint density at radius 2 is 1.89 bits per heavy atom. The van der Waals surface area contributed by atoms with Crippen molar-refractivity contribution in [3.63, 3.8) is 0 Å². The highest BCUT2D eigenvalue weighted by Crippen LogP contribution is 2.19. The smallest absolute Gasteiger partial charge is 0.124 e. The van der Waals surface area contributed by atoms with Crippen molar-refractivity contribution in [1.82, 2.24) is 0 Å². The molecule has 0 aliphatic rings. The fourth-order valence-electron chi connectivity index (χ4n) is 1.63. The van der Waals surface area contributed by atoms with Crippen LogP contribution in [0.2, 0.25) is 0 Å². The van der Waals surface area contributed by atoms with Crippen molar-refractivity contribution in [2.45, 2.75) is 11.4 Å². The zero-order valence-corrected chi connectivity index (χ0v) is 12.3. The van der Waals surface area contributed by atoms with Crippen molar-refractivity contribution in [3.8, 4) is 0 Å². The largest absolute Gasteiger partial charge is 0.381 e. The molecule has 1 nitrogen and oxygen atoms in total. The Bertz CT molecular complexity index is 508. The number of rotatable bonds is 4. The summed E-state index contributed by atoms with van der Waals surface area (Å²) in [4.78, 5) is 1.23. The Morgan fingerprint density at radius 3 is 2.50 bits per heavy atom. The Labute approximate surface area is 119 Å². The molecule has 2 aromatic rings. The summed E-state index contributed by atoms with van der Waals surface area (Å²) in [5.41, 5.74) is 1.95. The molecule has 0 radical (unpaired) electrons. The van der Waals surface area contributed by atoms with Gasteiger partial charge in [0.15, 0.2) is 0 Å². The molecule has 2 rings (SSSR count). The van der Waals surface area contributed by atoms with E-state index >= 15 is 0 Å². The summed E-state index contributed by atoms with van der Waals surface area (Å²) in [6.07, 6.45) is 2.05. The normalized spacial score (nSPS) is 10.4. The second-order valence-corrected chi connectivity index (χ2v) is 5.66. The van der Waals surface area contributed by atoms with E-state index in [-0.39, 0.29) is 5.82 Å². The van der Waals surface area contributed by atoms with Gasteiger partial charge in [-0.15, -0.1) is 11.8 Å². The molecule has 0 fully saturated rings. The number of halogens is 2. The van der Waals surface area contributed by atoms with Gasteiger partial charge in [0.2, 0.25) is 0 Å². The van der Waals surface area contributed by atoms with Gasteiger partial charge in [0.05, 0.1) is 0 Å². The van der Waals surface area contributed by atoms with Gasteiger partial charge in [-0.3, -0.25) is 0 Å². The van der Waals surface area contributed by atoms with Crippen molar-refractivity contribution < 1.29 is 4.39 Å². The molecule has 0 saturated heterocycles. The zero-order chi connectivity index (χ0) is 13.0. The predicted molar refractivity (Wildman–Crippen MR) is 79.6 cm³/mol. The molecule has 1 N–H and O–H groups in total. The number of nitrogens with one attached hydrogen (secondary N) is 1. The summed E-state index contributed by atoms with van der Waals surface area (Å²) in [7, 11) is 0. The molecule has 94 valence electrons. The van der Waals surface area contributed by atoms with Gasteiger partial charge in [-0.05, 0) is 54.3 Å². The molecule has 0 aliphatic carbocycles. The second kappa shape index (κ2) is 6.25. The van der Waals surface area contributed by atoms with E-state index in [0.29, 0.717) is 6.54 Å². The molecular formula is C14H13BrFNS. The Morgan fingerprint density at radius 1 is 1.17 bits per heavy atom. The van der Waals surface area contributed by atoms with Crippen LogP contribution >= 0.6 is 27.7 Å². The number of benzene rings is 2. The molecule has 0 heterocycles. The lowest BCUT2D eigenvalue weighted by atomic mass is 10.2. The third-order valence-electron chi connectivity index (χ3n) is 2.51. The van der Waals surface area contributed by atoms with E-state index in [1.807, 2.05) is 24.5 Å². The molecule has 4 heteroatoms. The van der Waals surface area contributed by atoms with E-state index < -0.39 is 0 Å². The van der Waals surface area contributed by atoms with Gasteiger partial charge >= 0.3 is 0 Å². The number of hydrogen-bond acceptors (Lipinski definition) is 2. The van der Waals surface area contributed by atoms with Crippen LogP contribution in [0.3, 0.4) is 0 Å². The van der Waals surface area contributed by atoms with Crippen LogP contribution in [0.5, 0.6) is 0 Å². The van der Waals surface area contributed by atoms with Crippen LogP contribution in [0, 0.1) is 5.82 Å². The third-order valence-corrected chi connectivity index (χ3v) is 3.71. The molecular weight excluding hydrogens is 313 g/mol. The van der Waals surface area contributed by atoms with Crippen LogP contribution in [0.25, 0.3) is 0 Å². The average molecular weight is 326 g/mol. The molecule has 18 heavy (non-hydrogen) atoms. The lowest BCUT2D eigenvalue weighted by molar-refractivity contribution is 0.625. The summed E-state index contributed by atoms with van der Waals surface area (Å²) in [5.74, 6) is -0.223. The number of anilines is 1. The Hall–Kier alpha value is -1.00. The van der Waals surface area contributed by atoms with Crippen LogP contribution in [0.4, 0.5) is 10.1 Å². The summed E-state index contributed by atoms with van der Waals surface area (Å²) >= 11 is 5.00. The van der Waals surface area contributed by atoms with E-state index in [0.717, 1.165) is 15.7 Å². The first-order chi connectivity index (χ1) is 8.67. The number of thioether (sulfide) groups is 1. The average Bonchev–Trinajstić information content (AvgIpc) is 2.36. The highest BCUT2D eigenvalue weighted by Gasteiger charge is 1.99. The maximum absolute atomic E-state index is 13.2. The summed E-state index contributed by atoms with van der Waals surface area (Å²) < 4.78 is 14.0. The molecule has 0 spiro atoms. The van der Waals surface area contributed by atoms with Crippen LogP contribution in [-0.2, 0) is 6.54 Å². The standard InChI is InChI=1S/C14H13BrFNS/c1-18-14-4-2-13(3-5-14)17-9-10-6-11(15)8-12(16)7-10/h2-8,17H,9H2,1H3. The van der Waals surface area contributed by atoms with Gasteiger partial charge in [-0.2, -0.15) is 0 Å². The van der Waals surface area contributed by atoms with Gasteiger partial charge in [-0.25, -0.2) is 4.39 Å². The molecule has 0 atom stereocenters. The van der Waals surface area contributed by atoms with Crippen molar-refractivity contribution in [3.05, 3.63) is 58.3 Å². The minimum absolute atomic E-state index is 0.223. The van der Waals surface area contributed by atoms with Crippen molar-refractivity contribution in [2.75, 3.05) is 11.6 Å². The molecule has 0 aromatic heterocycles. The summed E-state index contributed by atoms with van der Waals surface area (Å²) in [5, 5.41) is 3.27. The van der Waals surface area contributed by atoms with Crippen LogP contribution < -0.4 is 5.32 Å². The predicted octanol–water partition coefficient (Wildman–Crippen LogP) is 4.92. The van der Waals surface area contributed by atoms with E-state index in [1.165, 1.54) is 17.0 Å². The van der Waals surface area contributed by atoms with Crippen molar-refractivity contribution >= 4 is 33.4 Å². The molecule has 0 aliphatic heterocycles. The molecule has 0 saturated carbocycles. The minimum Gasteiger partial charge on any atom is -0.381 e. The van der Waals surface area contributed by atoms with Crippen LogP contribution in [0.15, 0.2) is 51.8 Å². The first kappa shape index (κ1) is 13.4. The first-order valence-electron chi connectivity index (χ1n) is 5.50. The first-order valence-corrected chi connectivity index (χ1v) is 7.52. The third kappa shape index (κ3) is 3.75. The summed E-state index contributed by atoms with van der Waals surface area (Å²) in [6, 6.07) is 13.1. The van der Waals surface area contributed by atoms with Gasteiger partial charge in [0, 0.05) is 21.6 Å². The van der Waals surface area contributed by atoms with Gasteiger partial charge in [0.25, 0.3) is 0 Å². The Kier molecular flexibility index (Phi) is 4.66. The Balaban J connectivity index is 2.01. The molecule has 0 unspecified atom stereocenters. The second-order valence-electron chi connectivity index (χ2n) is 3.86. The summed E-state index contributed by atoms with van der Waals surface area (Å²) in [6.45, 7) is 0.606. The van der Waals surface area contributed by atoms with Crippen molar-refractivity contribution in [2.24, 2.45) is 0 Å². The molecule has 0 bridgehead atoms. The maximum Gasteiger partial charge on any atom is 0.124 e. The van der Waals surface area contributed by atoms with E-state index in [4.69, 9.17) is 0 Å². The highest BCUT2D eigenvalue weighted by atomic mass is 79.9. The van der Waals surface area contributed by atoms with E-state index in [1.54, 1.807) is 11.8 Å². The van der Waals surface area contributed by atoms with Crippen LogP contribution in [-0.4, -0.2) is 6.26 Å². The quantitative estimate of drug-likeness (QED) is 0.800. The minimum atomic E-state index is -0.223. The van der Waals surface area contributed by atoms with E-state index in [9.17, 15) is 4.39 Å². The molecule has 0 amide bonds. The topological polar surface area (TPSA) is 12.0 Å². The molecule has 2 aromatic carbocycles. The number of hydrogen-bond donors (Lipinski definition) is 1. The maximum atomic E-state index is 13.2. The van der Waals surface area contributed by atoms with Crippen LogP contribution in [0.1, 0.15) is 5.56 Å². The van der Waals surface area contributed by atoms with Gasteiger partial charge in [-0.1, -0.05) is 15.9 Å². The lowest BCUT2D eigenvalue weighted by Crippen LogP contribution is -1.99. The fraction of sp³-hybridized carbons (Fsp3) is 0.143. The van der Waals surface area contributed by atoms with E-state index in [2.05, 4.69) is 33.4 Å². The highest BCUT2D eigenvalue weighted by molar-refractivity contribution is 9.10. The van der Waals surface area contributed by atoms with Gasteiger partial charge in [0.1, 0.15) is 5.82 Å². The zero-order valence-electron chi connectivity index (χ0n) is 9.91. The SMILES string of the molecule is CSc1ccc(NCc2cc(F)cc(Br)c2)cc1. The van der Waals surface area contributed by atoms with Crippen molar-refractivity contribution in [1.29, 1.82) is 0 Å². The monoisotopic (exact) mass is 325 g/mol. The lowest BCUT2D eigenvalue weighted by Gasteiger charge is -2.08. The fourth-order valence-corrected chi connectivity index (χ4v) is 2.55.